The first-order chi connectivity index (χ1) is 9.97. The maximum atomic E-state index is 12.2. The first kappa shape index (κ1) is 19.4. The predicted octanol–water partition coefficient (Wildman–Crippen LogP) is 1.55. The van der Waals surface area contributed by atoms with Crippen LogP contribution in [0.4, 0.5) is 0 Å². The Labute approximate surface area is 128 Å². The topological polar surface area (TPSA) is 66.6 Å². The lowest BCUT2D eigenvalue weighted by Crippen LogP contribution is -2.52. The van der Waals surface area contributed by atoms with Crippen LogP contribution in [0.2, 0.25) is 0 Å². The highest BCUT2D eigenvalue weighted by molar-refractivity contribution is 5.83. The molecule has 5 heteroatoms. The van der Waals surface area contributed by atoms with Crippen LogP contribution in [0.5, 0.6) is 0 Å². The van der Waals surface area contributed by atoms with Crippen LogP contribution in [0.25, 0.3) is 0 Å². The molecule has 1 rings (SSSR count). The SMILES string of the molecule is CC.CCN1C/C=C\C=C/C(C)N(C(C)=O)C[C@H](N)C1=O. The fourth-order valence-corrected chi connectivity index (χ4v) is 2.08. The lowest BCUT2D eigenvalue weighted by molar-refractivity contribution is -0.135. The van der Waals surface area contributed by atoms with E-state index in [1.807, 2.05) is 52.0 Å². The Balaban J connectivity index is 0.00000191. The molecule has 21 heavy (non-hydrogen) atoms. The summed E-state index contributed by atoms with van der Waals surface area (Å²) >= 11 is 0. The van der Waals surface area contributed by atoms with Gasteiger partial charge in [-0.05, 0) is 13.8 Å². The van der Waals surface area contributed by atoms with E-state index >= 15 is 0 Å². The summed E-state index contributed by atoms with van der Waals surface area (Å²) in [4.78, 5) is 27.1. The summed E-state index contributed by atoms with van der Waals surface area (Å²) in [6.45, 7) is 10.7. The smallest absolute Gasteiger partial charge is 0.241 e. The summed E-state index contributed by atoms with van der Waals surface area (Å²) in [5.74, 6) is -0.195. The van der Waals surface area contributed by atoms with Crippen molar-refractivity contribution < 1.29 is 9.59 Å². The minimum absolute atomic E-state index is 0.0748. The number of rotatable bonds is 1. The number of hydrogen-bond donors (Lipinski definition) is 1. The summed E-state index contributed by atoms with van der Waals surface area (Å²) in [7, 11) is 0. The van der Waals surface area contributed by atoms with Gasteiger partial charge < -0.3 is 15.5 Å². The van der Waals surface area contributed by atoms with Crippen LogP contribution in [0, 0.1) is 0 Å². The molecule has 1 aliphatic rings. The summed E-state index contributed by atoms with van der Waals surface area (Å²) < 4.78 is 0. The summed E-state index contributed by atoms with van der Waals surface area (Å²) in [6.07, 6.45) is 7.63. The number of amides is 2. The number of likely N-dealkylation sites (N-methyl/N-ethyl adjacent to an activating group) is 1. The van der Waals surface area contributed by atoms with Crippen molar-refractivity contribution in [2.75, 3.05) is 19.6 Å². The third kappa shape index (κ3) is 6.12. The van der Waals surface area contributed by atoms with Crippen molar-refractivity contribution in [1.82, 2.24) is 9.80 Å². The molecule has 0 fully saturated rings. The van der Waals surface area contributed by atoms with E-state index in [-0.39, 0.29) is 24.4 Å². The van der Waals surface area contributed by atoms with Crippen molar-refractivity contribution in [3.63, 3.8) is 0 Å². The standard InChI is InChI=1S/C14H23N3O2.C2H6/c1-4-16-9-7-5-6-8-11(2)17(12(3)18)10-13(15)14(16)19;1-2/h5-8,11,13H,4,9-10,15H2,1-3H3;1-2H3/b7-5-,8-6-;/t11?,13-;/m0./s1. The molecular weight excluding hydrogens is 266 g/mol. The van der Waals surface area contributed by atoms with E-state index in [9.17, 15) is 9.59 Å². The van der Waals surface area contributed by atoms with Gasteiger partial charge in [0.05, 0.1) is 0 Å². The molecule has 0 saturated heterocycles. The Morgan fingerprint density at radius 3 is 2.52 bits per heavy atom. The molecule has 0 spiro atoms. The average Bonchev–Trinajstić information content (AvgIpc) is 2.50. The number of hydrogen-bond acceptors (Lipinski definition) is 3. The highest BCUT2D eigenvalue weighted by Crippen LogP contribution is 2.06. The van der Waals surface area contributed by atoms with E-state index in [0.29, 0.717) is 13.1 Å². The Kier molecular flexibility index (Phi) is 9.37. The van der Waals surface area contributed by atoms with Crippen LogP contribution in [-0.2, 0) is 9.59 Å². The quantitative estimate of drug-likeness (QED) is 0.798. The van der Waals surface area contributed by atoms with Gasteiger partial charge in [-0.2, -0.15) is 0 Å². The second-order valence-corrected chi connectivity index (χ2v) is 4.71. The lowest BCUT2D eigenvalue weighted by Gasteiger charge is -2.30. The number of nitrogens with zero attached hydrogens (tertiary/aromatic N) is 2. The molecule has 2 amide bonds. The molecule has 0 aromatic rings. The van der Waals surface area contributed by atoms with Gasteiger partial charge in [0.25, 0.3) is 0 Å². The van der Waals surface area contributed by atoms with Crippen LogP contribution in [0.3, 0.4) is 0 Å². The minimum atomic E-state index is -0.675. The third-order valence-electron chi connectivity index (χ3n) is 3.26. The monoisotopic (exact) mass is 295 g/mol. The van der Waals surface area contributed by atoms with E-state index in [1.165, 1.54) is 6.92 Å². The Morgan fingerprint density at radius 1 is 1.38 bits per heavy atom. The van der Waals surface area contributed by atoms with Crippen LogP contribution < -0.4 is 5.73 Å². The van der Waals surface area contributed by atoms with Gasteiger partial charge >= 0.3 is 0 Å². The molecule has 0 aromatic carbocycles. The second-order valence-electron chi connectivity index (χ2n) is 4.71. The van der Waals surface area contributed by atoms with E-state index in [1.54, 1.807) is 9.80 Å². The van der Waals surface area contributed by atoms with Gasteiger partial charge in [0.2, 0.25) is 11.8 Å². The fourth-order valence-electron chi connectivity index (χ4n) is 2.08. The van der Waals surface area contributed by atoms with E-state index < -0.39 is 6.04 Å². The Bertz CT molecular complexity index is 391. The number of allylic oxidation sites excluding steroid dienone is 2. The fraction of sp³-hybridized carbons (Fsp3) is 0.625. The summed E-state index contributed by atoms with van der Waals surface area (Å²) in [5, 5.41) is 0. The molecule has 0 radical (unpaired) electrons. The molecule has 120 valence electrons. The van der Waals surface area contributed by atoms with Crippen molar-refractivity contribution in [1.29, 1.82) is 0 Å². The van der Waals surface area contributed by atoms with Crippen molar-refractivity contribution in [3.05, 3.63) is 24.3 Å². The lowest BCUT2D eigenvalue weighted by atomic mass is 10.2. The van der Waals surface area contributed by atoms with E-state index in [4.69, 9.17) is 5.73 Å². The van der Waals surface area contributed by atoms with Gasteiger partial charge in [-0.1, -0.05) is 38.2 Å². The molecule has 2 N–H and O–H groups in total. The van der Waals surface area contributed by atoms with Crippen molar-refractivity contribution in [3.8, 4) is 0 Å². The minimum Gasteiger partial charge on any atom is -0.338 e. The second kappa shape index (κ2) is 10.2. The van der Waals surface area contributed by atoms with Gasteiger partial charge in [0.15, 0.2) is 0 Å². The summed E-state index contributed by atoms with van der Waals surface area (Å²) in [5.41, 5.74) is 5.94. The maximum Gasteiger partial charge on any atom is 0.241 e. The number of nitrogens with two attached hydrogens (primary N) is 1. The molecule has 0 aromatic heterocycles. The van der Waals surface area contributed by atoms with Gasteiger partial charge in [-0.25, -0.2) is 0 Å². The van der Waals surface area contributed by atoms with Crippen LogP contribution in [-0.4, -0.2) is 53.3 Å². The van der Waals surface area contributed by atoms with Gasteiger partial charge in [0, 0.05) is 32.6 Å². The molecule has 1 unspecified atom stereocenters. The normalized spacial score (nSPS) is 26.3. The van der Waals surface area contributed by atoms with Gasteiger partial charge in [-0.15, -0.1) is 0 Å². The molecule has 0 saturated carbocycles. The van der Waals surface area contributed by atoms with E-state index in [0.717, 1.165) is 0 Å². The highest BCUT2D eigenvalue weighted by atomic mass is 16.2. The maximum absolute atomic E-state index is 12.2. The zero-order valence-corrected chi connectivity index (χ0v) is 13.9. The van der Waals surface area contributed by atoms with E-state index in [2.05, 4.69) is 0 Å². The molecule has 0 aliphatic carbocycles. The average molecular weight is 295 g/mol. The predicted molar refractivity (Wildman–Crippen MR) is 86.7 cm³/mol. The van der Waals surface area contributed by atoms with Crippen LogP contribution >= 0.6 is 0 Å². The van der Waals surface area contributed by atoms with Crippen molar-refractivity contribution in [2.24, 2.45) is 5.73 Å². The zero-order valence-electron chi connectivity index (χ0n) is 13.9. The zero-order chi connectivity index (χ0) is 16.4. The first-order valence-electron chi connectivity index (χ1n) is 7.62. The van der Waals surface area contributed by atoms with Crippen molar-refractivity contribution in [2.45, 2.75) is 46.7 Å². The largest absolute Gasteiger partial charge is 0.338 e. The number of carbonyl (C=O) groups excluding carboxylic acids is 2. The molecule has 5 nitrogen and oxygen atoms in total. The molecule has 1 heterocycles. The Hall–Kier alpha value is -1.62. The highest BCUT2D eigenvalue weighted by Gasteiger charge is 2.25. The molecule has 1 aliphatic heterocycles. The molecule has 2 atom stereocenters. The number of carbonyl (C=O) groups is 2. The van der Waals surface area contributed by atoms with Crippen LogP contribution in [0.15, 0.2) is 24.3 Å². The van der Waals surface area contributed by atoms with Crippen LogP contribution in [0.1, 0.15) is 34.6 Å². The van der Waals surface area contributed by atoms with Gasteiger partial charge in [0.1, 0.15) is 6.04 Å². The van der Waals surface area contributed by atoms with Gasteiger partial charge in [-0.3, -0.25) is 9.59 Å². The first-order valence-corrected chi connectivity index (χ1v) is 7.62. The summed E-state index contributed by atoms with van der Waals surface area (Å²) in [6, 6.07) is -0.750. The molecule has 0 bridgehead atoms. The molecular formula is C16H29N3O2. The third-order valence-corrected chi connectivity index (χ3v) is 3.26. The Morgan fingerprint density at radius 2 is 2.00 bits per heavy atom. The van der Waals surface area contributed by atoms with Crippen molar-refractivity contribution >= 4 is 11.8 Å².